The number of azo groups is 1. The molecule has 0 unspecified atom stereocenters. The number of aromatic hydroxyl groups is 1. The fourth-order valence-electron chi connectivity index (χ4n) is 2.66. The molecule has 0 saturated heterocycles. The molecule has 0 heterocycles. The largest absolute Gasteiger partial charge is 0.505 e. The number of rotatable bonds is 3. The van der Waals surface area contributed by atoms with Crippen LogP contribution < -0.4 is 5.73 Å². The SMILES string of the molecule is Cc1cccc(N=Nc2c(S(=O)(=O)O)cc3ccc(C)c(N)c3c2O)c1. The van der Waals surface area contributed by atoms with E-state index in [1.807, 2.05) is 13.0 Å². The average Bonchev–Trinajstić information content (AvgIpc) is 2.56. The Bertz CT molecular complexity index is 1150. The molecule has 7 nitrogen and oxygen atoms in total. The van der Waals surface area contributed by atoms with Crippen LogP contribution in [-0.2, 0) is 10.1 Å². The Balaban J connectivity index is 2.31. The first-order chi connectivity index (χ1) is 12.2. The zero-order valence-corrected chi connectivity index (χ0v) is 14.9. The van der Waals surface area contributed by atoms with Crippen LogP contribution in [0.25, 0.3) is 10.8 Å². The van der Waals surface area contributed by atoms with Crippen LogP contribution in [0, 0.1) is 13.8 Å². The van der Waals surface area contributed by atoms with E-state index in [9.17, 15) is 18.1 Å². The van der Waals surface area contributed by atoms with Crippen LogP contribution in [0.3, 0.4) is 0 Å². The van der Waals surface area contributed by atoms with Gasteiger partial charge in [0.05, 0.1) is 5.69 Å². The molecule has 134 valence electrons. The molecule has 0 aliphatic carbocycles. The minimum absolute atomic E-state index is 0.260. The fraction of sp³-hybridized carbons (Fsp3) is 0.111. The van der Waals surface area contributed by atoms with E-state index in [2.05, 4.69) is 10.2 Å². The van der Waals surface area contributed by atoms with E-state index < -0.39 is 20.8 Å². The number of aryl methyl sites for hydroxylation is 2. The summed E-state index contributed by atoms with van der Waals surface area (Å²) >= 11 is 0. The summed E-state index contributed by atoms with van der Waals surface area (Å²) in [6, 6.07) is 11.6. The highest BCUT2D eigenvalue weighted by atomic mass is 32.2. The summed E-state index contributed by atoms with van der Waals surface area (Å²) in [4.78, 5) is -0.540. The standard InChI is InChI=1S/C18H17N3O4S/c1-10-4-3-5-13(8-10)20-21-17-14(26(23,24)25)9-12-7-6-11(2)16(19)15(12)18(17)22/h3-9,22H,19H2,1-2H3,(H,23,24,25). The summed E-state index contributed by atoms with van der Waals surface area (Å²) in [6.45, 7) is 3.64. The molecule has 0 aliphatic rings. The summed E-state index contributed by atoms with van der Waals surface area (Å²) in [6.07, 6.45) is 0. The fourth-order valence-corrected chi connectivity index (χ4v) is 3.32. The molecule has 26 heavy (non-hydrogen) atoms. The second-order valence-electron chi connectivity index (χ2n) is 5.98. The molecule has 0 spiro atoms. The van der Waals surface area contributed by atoms with Crippen molar-refractivity contribution in [3.8, 4) is 5.75 Å². The molecular weight excluding hydrogens is 354 g/mol. The van der Waals surface area contributed by atoms with Crippen LogP contribution in [0.1, 0.15) is 11.1 Å². The van der Waals surface area contributed by atoms with E-state index in [0.29, 0.717) is 22.3 Å². The van der Waals surface area contributed by atoms with Crippen LogP contribution >= 0.6 is 0 Å². The van der Waals surface area contributed by atoms with Gasteiger partial charge < -0.3 is 10.8 Å². The van der Waals surface area contributed by atoms with E-state index in [4.69, 9.17) is 5.73 Å². The molecule has 0 radical (unpaired) electrons. The Kier molecular flexibility index (Phi) is 4.39. The molecule has 0 bridgehead atoms. The Labute approximate surface area is 150 Å². The van der Waals surface area contributed by atoms with Gasteiger partial charge in [-0.25, -0.2) is 0 Å². The first-order valence-corrected chi connectivity index (χ1v) is 9.13. The number of hydrogen-bond donors (Lipinski definition) is 3. The first-order valence-electron chi connectivity index (χ1n) is 7.69. The van der Waals surface area contributed by atoms with Gasteiger partial charge in [0.25, 0.3) is 10.1 Å². The Morgan fingerprint density at radius 3 is 2.42 bits per heavy atom. The van der Waals surface area contributed by atoms with Gasteiger partial charge in [-0.3, -0.25) is 4.55 Å². The number of hydrogen-bond acceptors (Lipinski definition) is 6. The lowest BCUT2D eigenvalue weighted by molar-refractivity contribution is 0.472. The van der Waals surface area contributed by atoms with E-state index in [-0.39, 0.29) is 11.1 Å². The normalized spacial score (nSPS) is 12.1. The highest BCUT2D eigenvalue weighted by molar-refractivity contribution is 7.86. The summed E-state index contributed by atoms with van der Waals surface area (Å²) in [7, 11) is -4.64. The summed E-state index contributed by atoms with van der Waals surface area (Å²) in [5, 5.41) is 19.1. The van der Waals surface area contributed by atoms with Gasteiger partial charge in [-0.2, -0.15) is 13.5 Å². The minimum atomic E-state index is -4.64. The van der Waals surface area contributed by atoms with Gasteiger partial charge in [0.2, 0.25) is 0 Å². The van der Waals surface area contributed by atoms with Crippen LogP contribution in [0.15, 0.2) is 57.6 Å². The van der Waals surface area contributed by atoms with Crippen LogP contribution in [0.2, 0.25) is 0 Å². The van der Waals surface area contributed by atoms with Crippen LogP contribution in [0.5, 0.6) is 5.75 Å². The quantitative estimate of drug-likeness (QED) is 0.357. The van der Waals surface area contributed by atoms with Gasteiger partial charge in [0.1, 0.15) is 10.6 Å². The Morgan fingerprint density at radius 1 is 1.04 bits per heavy atom. The van der Waals surface area contributed by atoms with Crippen molar-refractivity contribution in [2.45, 2.75) is 18.7 Å². The third kappa shape index (κ3) is 3.24. The molecule has 0 fully saturated rings. The van der Waals surface area contributed by atoms with Gasteiger partial charge in [0, 0.05) is 11.1 Å². The summed E-state index contributed by atoms with van der Waals surface area (Å²) in [5.74, 6) is -0.451. The molecule has 3 rings (SSSR count). The van der Waals surface area contributed by atoms with Crippen molar-refractivity contribution in [1.29, 1.82) is 0 Å². The second kappa shape index (κ2) is 6.40. The number of nitrogens with two attached hydrogens (primary N) is 1. The maximum atomic E-state index is 11.8. The van der Waals surface area contributed by atoms with Gasteiger partial charge >= 0.3 is 0 Å². The molecule has 0 aromatic heterocycles. The Hall–Kier alpha value is -2.97. The number of benzene rings is 3. The van der Waals surface area contributed by atoms with Crippen LogP contribution in [0.4, 0.5) is 17.1 Å². The summed E-state index contributed by atoms with van der Waals surface area (Å²) < 4.78 is 33.1. The molecule has 3 aromatic carbocycles. The topological polar surface area (TPSA) is 125 Å². The first kappa shape index (κ1) is 17.8. The monoisotopic (exact) mass is 371 g/mol. The van der Waals surface area contributed by atoms with E-state index in [1.165, 1.54) is 6.07 Å². The van der Waals surface area contributed by atoms with Crippen molar-refractivity contribution in [3.05, 3.63) is 53.6 Å². The van der Waals surface area contributed by atoms with E-state index in [1.54, 1.807) is 37.3 Å². The van der Waals surface area contributed by atoms with Crippen molar-refractivity contribution in [2.75, 3.05) is 5.73 Å². The molecule has 3 aromatic rings. The zero-order chi connectivity index (χ0) is 19.1. The molecule has 4 N–H and O–H groups in total. The lowest BCUT2D eigenvalue weighted by Crippen LogP contribution is -2.00. The number of phenols is 1. The lowest BCUT2D eigenvalue weighted by Gasteiger charge is -2.12. The Morgan fingerprint density at radius 2 is 1.77 bits per heavy atom. The molecule has 0 aliphatic heterocycles. The molecule has 8 heteroatoms. The second-order valence-corrected chi connectivity index (χ2v) is 7.37. The summed E-state index contributed by atoms with van der Waals surface area (Å²) in [5.41, 5.74) is 8.10. The number of nitrogen functional groups attached to an aromatic ring is 1. The lowest BCUT2D eigenvalue weighted by atomic mass is 10.0. The van der Waals surface area contributed by atoms with E-state index >= 15 is 0 Å². The molecule has 0 atom stereocenters. The molecule has 0 saturated carbocycles. The highest BCUT2D eigenvalue weighted by Gasteiger charge is 2.23. The number of anilines is 1. The third-order valence-electron chi connectivity index (χ3n) is 4.02. The zero-order valence-electron chi connectivity index (χ0n) is 14.1. The predicted octanol–water partition coefficient (Wildman–Crippen LogP) is 4.41. The third-order valence-corrected chi connectivity index (χ3v) is 4.89. The van der Waals surface area contributed by atoms with Crippen molar-refractivity contribution in [2.24, 2.45) is 10.2 Å². The average molecular weight is 371 g/mol. The van der Waals surface area contributed by atoms with Gasteiger partial charge in [-0.15, -0.1) is 5.11 Å². The van der Waals surface area contributed by atoms with E-state index in [0.717, 1.165) is 5.56 Å². The smallest absolute Gasteiger partial charge is 0.296 e. The van der Waals surface area contributed by atoms with Gasteiger partial charge in [-0.1, -0.05) is 24.3 Å². The maximum absolute atomic E-state index is 11.8. The number of nitrogens with zero attached hydrogens (tertiary/aromatic N) is 2. The number of fused-ring (bicyclic) bond motifs is 1. The molecule has 0 amide bonds. The highest BCUT2D eigenvalue weighted by Crippen LogP contribution is 2.44. The minimum Gasteiger partial charge on any atom is -0.505 e. The van der Waals surface area contributed by atoms with Crippen molar-refractivity contribution in [1.82, 2.24) is 0 Å². The maximum Gasteiger partial charge on any atom is 0.296 e. The van der Waals surface area contributed by atoms with Crippen molar-refractivity contribution < 1.29 is 18.1 Å². The van der Waals surface area contributed by atoms with Crippen molar-refractivity contribution >= 4 is 38.0 Å². The van der Waals surface area contributed by atoms with Gasteiger partial charge in [0.15, 0.2) is 5.75 Å². The van der Waals surface area contributed by atoms with Gasteiger partial charge in [-0.05, 0) is 48.6 Å². The predicted molar refractivity (Wildman–Crippen MR) is 99.9 cm³/mol. The van der Waals surface area contributed by atoms with Crippen molar-refractivity contribution in [3.63, 3.8) is 0 Å². The van der Waals surface area contributed by atoms with Crippen LogP contribution in [-0.4, -0.2) is 18.1 Å². The number of phenolic OH excluding ortho intramolecular Hbond substituents is 1. The molecular formula is C18H17N3O4S.